The first-order valence-corrected chi connectivity index (χ1v) is 8.60. The molecule has 0 saturated heterocycles. The van der Waals surface area contributed by atoms with Crippen LogP contribution in [0.4, 0.5) is 0 Å². The smallest absolute Gasteiger partial charge is 0.162 e. The Kier molecular flexibility index (Phi) is 3.39. The Hall–Kier alpha value is -2.01. The van der Waals surface area contributed by atoms with Crippen LogP contribution in [0.25, 0.3) is 0 Å². The Bertz CT molecular complexity index is 777. The van der Waals surface area contributed by atoms with Gasteiger partial charge in [-0.3, -0.25) is 14.8 Å². The summed E-state index contributed by atoms with van der Waals surface area (Å²) < 4.78 is 0. The SMILES string of the molecule is CN(C)CCN1N=CC2=CC(=O)CC3=C2C2=C1CC(C)(C)CC2=N3. The Morgan fingerprint density at radius 1 is 1.25 bits per heavy atom. The van der Waals surface area contributed by atoms with Gasteiger partial charge < -0.3 is 4.90 Å². The van der Waals surface area contributed by atoms with Crippen LogP contribution in [-0.2, 0) is 4.79 Å². The number of hydrogen-bond donors (Lipinski definition) is 0. The van der Waals surface area contributed by atoms with Gasteiger partial charge in [0.05, 0.1) is 30.6 Å². The van der Waals surface area contributed by atoms with Crippen molar-refractivity contribution in [2.24, 2.45) is 15.5 Å². The molecule has 4 rings (SSSR count). The minimum Gasteiger partial charge on any atom is -0.308 e. The minimum atomic E-state index is 0.126. The summed E-state index contributed by atoms with van der Waals surface area (Å²) in [5.74, 6) is 0.126. The molecule has 0 fully saturated rings. The predicted octanol–water partition coefficient (Wildman–Crippen LogP) is 2.53. The summed E-state index contributed by atoms with van der Waals surface area (Å²) in [5.41, 5.74) is 6.86. The number of nitrogens with zero attached hydrogens (tertiary/aromatic N) is 4. The number of rotatable bonds is 3. The summed E-state index contributed by atoms with van der Waals surface area (Å²) in [7, 11) is 4.16. The third-order valence-electron chi connectivity index (χ3n) is 5.03. The van der Waals surface area contributed by atoms with Gasteiger partial charge in [0.2, 0.25) is 0 Å². The largest absolute Gasteiger partial charge is 0.308 e. The van der Waals surface area contributed by atoms with Gasteiger partial charge in [-0.05, 0) is 38.4 Å². The predicted molar refractivity (Wildman–Crippen MR) is 96.0 cm³/mol. The highest BCUT2D eigenvalue weighted by Crippen LogP contribution is 2.48. The van der Waals surface area contributed by atoms with Gasteiger partial charge in [-0.15, -0.1) is 0 Å². The van der Waals surface area contributed by atoms with Crippen molar-refractivity contribution in [2.75, 3.05) is 27.2 Å². The molecule has 0 bridgehead atoms. The average Bonchev–Trinajstić information content (AvgIpc) is 2.73. The fourth-order valence-electron chi connectivity index (χ4n) is 3.97. The highest BCUT2D eigenvalue weighted by molar-refractivity contribution is 6.16. The molecular formula is C19H24N4O. The van der Waals surface area contributed by atoms with Crippen molar-refractivity contribution in [1.82, 2.24) is 9.91 Å². The molecule has 2 heterocycles. The third kappa shape index (κ3) is 2.47. The molecule has 0 N–H and O–H groups in total. The normalized spacial score (nSPS) is 24.4. The van der Waals surface area contributed by atoms with Crippen molar-refractivity contribution in [3.05, 3.63) is 34.2 Å². The molecular weight excluding hydrogens is 300 g/mol. The monoisotopic (exact) mass is 324 g/mol. The first-order chi connectivity index (χ1) is 11.3. The zero-order chi connectivity index (χ0) is 17.1. The number of ketones is 1. The van der Waals surface area contributed by atoms with Crippen LogP contribution >= 0.6 is 0 Å². The van der Waals surface area contributed by atoms with Crippen molar-refractivity contribution < 1.29 is 4.79 Å². The van der Waals surface area contributed by atoms with Crippen molar-refractivity contribution in [2.45, 2.75) is 33.1 Å². The quantitative estimate of drug-likeness (QED) is 0.801. The molecule has 0 spiro atoms. The summed E-state index contributed by atoms with van der Waals surface area (Å²) in [6.45, 7) is 6.36. The zero-order valence-corrected chi connectivity index (χ0v) is 14.9. The molecule has 2 aliphatic heterocycles. The fraction of sp³-hybridized carbons (Fsp3) is 0.526. The number of aliphatic imine (C=N–C) groups is 1. The first kappa shape index (κ1) is 15.5. The second kappa shape index (κ2) is 5.24. The maximum absolute atomic E-state index is 12.1. The molecule has 0 aromatic heterocycles. The van der Waals surface area contributed by atoms with Crippen molar-refractivity contribution in [3.63, 3.8) is 0 Å². The van der Waals surface area contributed by atoms with Gasteiger partial charge in [0, 0.05) is 29.0 Å². The number of carbonyl (C=O) groups excluding carboxylic acids is 1. The highest BCUT2D eigenvalue weighted by Gasteiger charge is 2.41. The van der Waals surface area contributed by atoms with Gasteiger partial charge in [0.25, 0.3) is 0 Å². The maximum Gasteiger partial charge on any atom is 0.162 e. The van der Waals surface area contributed by atoms with Crippen LogP contribution in [-0.4, -0.2) is 54.8 Å². The van der Waals surface area contributed by atoms with Crippen LogP contribution in [0, 0.1) is 5.41 Å². The van der Waals surface area contributed by atoms with E-state index in [-0.39, 0.29) is 11.2 Å². The molecule has 5 heteroatoms. The number of hydrazone groups is 1. The molecule has 2 aliphatic carbocycles. The van der Waals surface area contributed by atoms with E-state index in [4.69, 9.17) is 10.1 Å². The lowest BCUT2D eigenvalue weighted by atomic mass is 9.73. The average molecular weight is 324 g/mol. The van der Waals surface area contributed by atoms with E-state index in [2.05, 4.69) is 37.9 Å². The summed E-state index contributed by atoms with van der Waals surface area (Å²) in [5, 5.41) is 6.86. The van der Waals surface area contributed by atoms with E-state index < -0.39 is 0 Å². The molecule has 24 heavy (non-hydrogen) atoms. The van der Waals surface area contributed by atoms with Crippen LogP contribution in [0.5, 0.6) is 0 Å². The summed E-state index contributed by atoms with van der Waals surface area (Å²) >= 11 is 0. The van der Waals surface area contributed by atoms with Crippen LogP contribution in [0.2, 0.25) is 0 Å². The van der Waals surface area contributed by atoms with Crippen LogP contribution in [0.15, 0.2) is 44.3 Å². The van der Waals surface area contributed by atoms with E-state index >= 15 is 0 Å². The van der Waals surface area contributed by atoms with Crippen molar-refractivity contribution >= 4 is 17.7 Å². The molecule has 0 saturated carbocycles. The number of likely N-dealkylation sites (N-methyl/N-ethyl adjacent to an activating group) is 1. The topological polar surface area (TPSA) is 48.3 Å². The summed E-state index contributed by atoms with van der Waals surface area (Å²) in [4.78, 5) is 19.1. The molecule has 0 radical (unpaired) electrons. The number of carbonyl (C=O) groups is 1. The number of allylic oxidation sites excluding steroid dienone is 6. The van der Waals surface area contributed by atoms with E-state index in [1.54, 1.807) is 6.08 Å². The standard InChI is InChI=1S/C19H24N4O/c1-19(2)9-15-18-16(10-19)23(6-5-22(3)4)20-11-12-7-13(24)8-14(21-15)17(12)18/h7,11H,5-6,8-10H2,1-4H3. The molecule has 5 nitrogen and oxygen atoms in total. The molecule has 0 unspecified atom stereocenters. The zero-order valence-electron chi connectivity index (χ0n) is 14.9. The molecule has 126 valence electrons. The van der Waals surface area contributed by atoms with Gasteiger partial charge in [-0.2, -0.15) is 5.10 Å². The second-order valence-electron chi connectivity index (χ2n) is 8.13. The van der Waals surface area contributed by atoms with Gasteiger partial charge in [-0.1, -0.05) is 13.8 Å². The molecule has 0 atom stereocenters. The molecule has 0 amide bonds. The van der Waals surface area contributed by atoms with Crippen LogP contribution in [0.1, 0.15) is 33.1 Å². The van der Waals surface area contributed by atoms with Crippen molar-refractivity contribution in [3.8, 4) is 0 Å². The Balaban J connectivity index is 1.85. The second-order valence-corrected chi connectivity index (χ2v) is 8.13. The van der Waals surface area contributed by atoms with Gasteiger partial charge >= 0.3 is 0 Å². The minimum absolute atomic E-state index is 0.126. The summed E-state index contributed by atoms with van der Waals surface area (Å²) in [6.07, 6.45) is 5.96. The maximum atomic E-state index is 12.1. The molecule has 0 aromatic rings. The Morgan fingerprint density at radius 2 is 2.04 bits per heavy atom. The summed E-state index contributed by atoms with van der Waals surface area (Å²) in [6, 6.07) is 0. The fourth-order valence-corrected chi connectivity index (χ4v) is 3.97. The van der Waals surface area contributed by atoms with Crippen LogP contribution in [0.3, 0.4) is 0 Å². The lowest BCUT2D eigenvalue weighted by Crippen LogP contribution is -2.34. The van der Waals surface area contributed by atoms with E-state index in [0.717, 1.165) is 48.5 Å². The van der Waals surface area contributed by atoms with Gasteiger partial charge in [-0.25, -0.2) is 0 Å². The first-order valence-electron chi connectivity index (χ1n) is 8.60. The lowest BCUT2D eigenvalue weighted by molar-refractivity contribution is -0.114. The van der Waals surface area contributed by atoms with Gasteiger partial charge in [0.1, 0.15) is 0 Å². The van der Waals surface area contributed by atoms with E-state index in [9.17, 15) is 4.79 Å². The third-order valence-corrected chi connectivity index (χ3v) is 5.03. The molecule has 4 aliphatic rings. The lowest BCUT2D eigenvalue weighted by Gasteiger charge is -2.36. The van der Waals surface area contributed by atoms with E-state index in [1.165, 1.54) is 11.3 Å². The number of hydrogen-bond acceptors (Lipinski definition) is 5. The molecule has 0 aromatic carbocycles. The Labute approximate surface area is 143 Å². The van der Waals surface area contributed by atoms with Gasteiger partial charge in [0.15, 0.2) is 5.78 Å². The van der Waals surface area contributed by atoms with Crippen LogP contribution < -0.4 is 0 Å². The highest BCUT2D eigenvalue weighted by atomic mass is 16.1. The van der Waals surface area contributed by atoms with Crippen molar-refractivity contribution in [1.29, 1.82) is 0 Å². The van der Waals surface area contributed by atoms with E-state index in [1.807, 2.05) is 6.21 Å². The van der Waals surface area contributed by atoms with E-state index in [0.29, 0.717) is 6.42 Å². The Morgan fingerprint density at radius 3 is 2.79 bits per heavy atom.